The first-order chi connectivity index (χ1) is 7.48. The van der Waals surface area contributed by atoms with E-state index in [0.717, 1.165) is 19.5 Å². The summed E-state index contributed by atoms with van der Waals surface area (Å²) >= 11 is 0. The molecular weight excluding hydrogens is 196 g/mol. The molecule has 0 atom stereocenters. The van der Waals surface area contributed by atoms with E-state index in [-0.39, 0.29) is 5.41 Å². The topological polar surface area (TPSA) is 24.4 Å². The van der Waals surface area contributed by atoms with Gasteiger partial charge < -0.3 is 5.32 Å². The van der Waals surface area contributed by atoms with Gasteiger partial charge in [0.1, 0.15) is 0 Å². The van der Waals surface area contributed by atoms with E-state index in [4.69, 9.17) is 0 Å². The third-order valence-electron chi connectivity index (χ3n) is 2.05. The zero-order valence-electron chi connectivity index (χ0n) is 11.4. The molecule has 0 aromatic heterocycles. The lowest BCUT2D eigenvalue weighted by Crippen LogP contribution is -2.16. The van der Waals surface area contributed by atoms with Crippen molar-refractivity contribution in [2.24, 2.45) is 10.4 Å². The molecule has 0 aliphatic carbocycles. The summed E-state index contributed by atoms with van der Waals surface area (Å²) in [7, 11) is 0. The molecule has 0 aromatic rings. The first-order valence-electron chi connectivity index (χ1n) is 6.02. The van der Waals surface area contributed by atoms with Crippen molar-refractivity contribution in [1.82, 2.24) is 5.32 Å². The molecule has 0 rings (SSSR count). The summed E-state index contributed by atoms with van der Waals surface area (Å²) < 4.78 is 0. The lowest BCUT2D eigenvalue weighted by atomic mass is 9.93. The molecule has 0 unspecified atom stereocenters. The van der Waals surface area contributed by atoms with Crippen molar-refractivity contribution in [1.29, 1.82) is 0 Å². The highest BCUT2D eigenvalue weighted by molar-refractivity contribution is 5.54. The van der Waals surface area contributed by atoms with Gasteiger partial charge >= 0.3 is 0 Å². The fourth-order valence-electron chi connectivity index (χ4n) is 1.11. The zero-order valence-corrected chi connectivity index (χ0v) is 11.4. The molecule has 0 saturated heterocycles. The molecule has 0 aliphatic heterocycles. The largest absolute Gasteiger partial charge is 0.376 e. The van der Waals surface area contributed by atoms with E-state index in [9.17, 15) is 0 Å². The number of nitrogens with one attached hydrogen (secondary N) is 1. The fourth-order valence-corrected chi connectivity index (χ4v) is 1.11. The molecule has 1 N–H and O–H groups in total. The fraction of sp³-hybridized carbons (Fsp3) is 0.643. The van der Waals surface area contributed by atoms with Gasteiger partial charge in [0, 0.05) is 18.5 Å². The van der Waals surface area contributed by atoms with Gasteiger partial charge in [-0.15, -0.1) is 0 Å². The van der Waals surface area contributed by atoms with Crippen molar-refractivity contribution in [3.8, 4) is 0 Å². The van der Waals surface area contributed by atoms with Gasteiger partial charge in [-0.25, -0.2) is 0 Å². The molecule has 0 aliphatic rings. The van der Waals surface area contributed by atoms with E-state index in [1.165, 1.54) is 5.57 Å². The molecule has 0 radical (unpaired) electrons. The van der Waals surface area contributed by atoms with Gasteiger partial charge in [0.15, 0.2) is 0 Å². The zero-order chi connectivity index (χ0) is 12.4. The number of nitrogens with zero attached hydrogens (tertiary/aromatic N) is 1. The van der Waals surface area contributed by atoms with Crippen molar-refractivity contribution in [2.75, 3.05) is 13.1 Å². The van der Waals surface area contributed by atoms with Gasteiger partial charge in [-0.1, -0.05) is 44.6 Å². The van der Waals surface area contributed by atoms with Crippen LogP contribution in [-0.2, 0) is 0 Å². The molecular formula is C14H26N2. The number of aliphatic imine (C=N–C) groups is 1. The maximum atomic E-state index is 4.37. The van der Waals surface area contributed by atoms with Crippen molar-refractivity contribution >= 4 is 6.34 Å². The van der Waals surface area contributed by atoms with Gasteiger partial charge in [-0.3, -0.25) is 4.99 Å². The maximum absolute atomic E-state index is 4.37. The Morgan fingerprint density at radius 2 is 2.00 bits per heavy atom. The number of rotatable bonds is 7. The van der Waals surface area contributed by atoms with E-state index in [2.05, 4.69) is 63.2 Å². The van der Waals surface area contributed by atoms with E-state index in [1.54, 1.807) is 0 Å². The van der Waals surface area contributed by atoms with Gasteiger partial charge in [0.05, 0.1) is 6.34 Å². The normalized spacial score (nSPS) is 12.3. The Balaban J connectivity index is 3.99. The molecule has 0 heterocycles. The van der Waals surface area contributed by atoms with Crippen LogP contribution in [0.15, 0.2) is 28.8 Å². The van der Waals surface area contributed by atoms with Crippen molar-refractivity contribution in [2.45, 2.75) is 41.0 Å². The minimum atomic E-state index is 0.121. The van der Waals surface area contributed by atoms with E-state index < -0.39 is 0 Å². The van der Waals surface area contributed by atoms with Crippen LogP contribution in [0.25, 0.3) is 0 Å². The van der Waals surface area contributed by atoms with Crippen LogP contribution in [-0.4, -0.2) is 19.4 Å². The van der Waals surface area contributed by atoms with Crippen LogP contribution in [0.3, 0.4) is 0 Å². The van der Waals surface area contributed by atoms with Crippen LogP contribution in [0.5, 0.6) is 0 Å². The van der Waals surface area contributed by atoms with Crippen LogP contribution >= 0.6 is 0 Å². The molecule has 92 valence electrons. The second-order valence-electron chi connectivity index (χ2n) is 5.02. The second kappa shape index (κ2) is 8.14. The molecule has 0 amide bonds. The third-order valence-corrected chi connectivity index (χ3v) is 2.05. The standard InChI is InChI=1S/C14H26N2/c1-6-10-15-12-16-11-14(4,5)9-7-8-13(2)3/h7-9,12H,6,10-11H2,1-5H3,(H,15,16)/b9-7-. The Kier molecular flexibility index (Phi) is 7.61. The molecule has 0 aromatic carbocycles. The molecule has 2 nitrogen and oxygen atoms in total. The molecule has 2 heteroatoms. The maximum Gasteiger partial charge on any atom is 0.0824 e. The van der Waals surface area contributed by atoms with Crippen molar-refractivity contribution in [3.63, 3.8) is 0 Å². The predicted molar refractivity (Wildman–Crippen MR) is 74.0 cm³/mol. The summed E-state index contributed by atoms with van der Waals surface area (Å²) in [6, 6.07) is 0. The Morgan fingerprint density at radius 1 is 1.31 bits per heavy atom. The predicted octanol–water partition coefficient (Wildman–Crippen LogP) is 3.56. The van der Waals surface area contributed by atoms with E-state index in [0.29, 0.717) is 0 Å². The Morgan fingerprint density at radius 3 is 2.56 bits per heavy atom. The minimum Gasteiger partial charge on any atom is -0.376 e. The smallest absolute Gasteiger partial charge is 0.0824 e. The Bertz CT molecular complexity index is 256. The van der Waals surface area contributed by atoms with E-state index >= 15 is 0 Å². The Hall–Kier alpha value is -1.05. The summed E-state index contributed by atoms with van der Waals surface area (Å²) in [5.74, 6) is 0. The highest BCUT2D eigenvalue weighted by atomic mass is 14.9. The average molecular weight is 222 g/mol. The molecule has 0 bridgehead atoms. The molecule has 16 heavy (non-hydrogen) atoms. The first kappa shape index (κ1) is 14.9. The minimum absolute atomic E-state index is 0.121. The van der Waals surface area contributed by atoms with Gasteiger partial charge in [-0.2, -0.15) is 0 Å². The highest BCUT2D eigenvalue weighted by Gasteiger charge is 2.11. The molecule has 0 fully saturated rings. The quantitative estimate of drug-likeness (QED) is 0.303. The molecule has 0 spiro atoms. The summed E-state index contributed by atoms with van der Waals surface area (Å²) in [5, 5.41) is 3.15. The van der Waals surface area contributed by atoms with Crippen molar-refractivity contribution in [3.05, 3.63) is 23.8 Å². The van der Waals surface area contributed by atoms with Crippen LogP contribution in [0.1, 0.15) is 41.0 Å². The first-order valence-corrected chi connectivity index (χ1v) is 6.02. The van der Waals surface area contributed by atoms with Gasteiger partial charge in [0.2, 0.25) is 0 Å². The highest BCUT2D eigenvalue weighted by Crippen LogP contribution is 2.17. The number of hydrogen-bond acceptors (Lipinski definition) is 1. The monoisotopic (exact) mass is 222 g/mol. The second-order valence-corrected chi connectivity index (χ2v) is 5.02. The Labute approximate surface area is 101 Å². The lowest BCUT2D eigenvalue weighted by molar-refractivity contribution is 0.496. The van der Waals surface area contributed by atoms with Crippen molar-refractivity contribution < 1.29 is 0 Å². The van der Waals surface area contributed by atoms with Gasteiger partial charge in [-0.05, 0) is 20.3 Å². The molecule has 0 saturated carbocycles. The third kappa shape index (κ3) is 9.50. The lowest BCUT2D eigenvalue weighted by Gasteiger charge is -2.16. The SMILES string of the molecule is CCCNC=NCC(C)(C)/C=C\C=C(C)C. The summed E-state index contributed by atoms with van der Waals surface area (Å²) in [6.45, 7) is 12.6. The summed E-state index contributed by atoms with van der Waals surface area (Å²) in [4.78, 5) is 4.37. The van der Waals surface area contributed by atoms with Crippen LogP contribution in [0.4, 0.5) is 0 Å². The summed E-state index contributed by atoms with van der Waals surface area (Å²) in [6.07, 6.45) is 9.40. The van der Waals surface area contributed by atoms with Crippen LogP contribution in [0, 0.1) is 5.41 Å². The van der Waals surface area contributed by atoms with Crippen LogP contribution < -0.4 is 5.32 Å². The number of allylic oxidation sites excluding steroid dienone is 3. The average Bonchev–Trinajstić information content (AvgIpc) is 2.16. The summed E-state index contributed by atoms with van der Waals surface area (Å²) in [5.41, 5.74) is 1.44. The number of hydrogen-bond donors (Lipinski definition) is 1. The van der Waals surface area contributed by atoms with E-state index in [1.807, 2.05) is 6.34 Å². The van der Waals surface area contributed by atoms with Gasteiger partial charge in [0.25, 0.3) is 0 Å². The van der Waals surface area contributed by atoms with Crippen LogP contribution in [0.2, 0.25) is 0 Å².